The normalized spacial score (nSPS) is 10.5. The number of carbonyl (C=O) groups is 1. The van der Waals surface area contributed by atoms with Crippen LogP contribution in [0.2, 0.25) is 0 Å². The van der Waals surface area contributed by atoms with Gasteiger partial charge in [0.15, 0.2) is 0 Å². The van der Waals surface area contributed by atoms with Gasteiger partial charge in [0.2, 0.25) is 0 Å². The molecule has 5 nitrogen and oxygen atoms in total. The molecule has 144 valence electrons. The summed E-state index contributed by atoms with van der Waals surface area (Å²) >= 11 is 1.43. The topological polar surface area (TPSA) is 64.1 Å². The fourth-order valence-corrected chi connectivity index (χ4v) is 3.87. The minimum Gasteiger partial charge on any atom is -0.457 e. The van der Waals surface area contributed by atoms with E-state index in [9.17, 15) is 4.79 Å². The molecule has 0 aliphatic carbocycles. The van der Waals surface area contributed by atoms with E-state index in [1.807, 2.05) is 43.3 Å². The highest BCUT2D eigenvalue weighted by molar-refractivity contribution is 7.14. The van der Waals surface area contributed by atoms with Crippen LogP contribution < -0.4 is 10.1 Å². The second-order valence-corrected chi connectivity index (χ2v) is 7.54. The van der Waals surface area contributed by atoms with E-state index in [1.54, 1.807) is 30.6 Å². The second kappa shape index (κ2) is 8.67. The molecule has 0 saturated heterocycles. The Balaban J connectivity index is 1.46. The summed E-state index contributed by atoms with van der Waals surface area (Å²) in [4.78, 5) is 21.9. The zero-order valence-electron chi connectivity index (χ0n) is 15.8. The molecule has 0 unspecified atom stereocenters. The molecular weight excluding hydrogens is 382 g/mol. The first kappa shape index (κ1) is 18.8. The molecule has 4 aromatic rings. The number of hydrogen-bond acceptors (Lipinski definition) is 5. The SMILES string of the molecule is Cc1nc(Cc2ccccc2)sc1C(=O)Nc1cccc(Oc2ccncc2)c1. The molecule has 0 bridgehead atoms. The van der Waals surface area contributed by atoms with Gasteiger partial charge >= 0.3 is 0 Å². The third kappa shape index (κ3) is 4.86. The summed E-state index contributed by atoms with van der Waals surface area (Å²) in [5.41, 5.74) is 2.58. The van der Waals surface area contributed by atoms with Crippen LogP contribution in [0.1, 0.15) is 25.9 Å². The number of ether oxygens (including phenoxy) is 1. The highest BCUT2D eigenvalue weighted by atomic mass is 32.1. The molecule has 0 aliphatic heterocycles. The van der Waals surface area contributed by atoms with Crippen LogP contribution in [0.4, 0.5) is 5.69 Å². The van der Waals surface area contributed by atoms with Gasteiger partial charge in [0.25, 0.3) is 5.91 Å². The summed E-state index contributed by atoms with van der Waals surface area (Å²) in [7, 11) is 0. The zero-order valence-corrected chi connectivity index (χ0v) is 16.6. The molecule has 29 heavy (non-hydrogen) atoms. The minimum absolute atomic E-state index is 0.166. The maximum Gasteiger partial charge on any atom is 0.267 e. The smallest absolute Gasteiger partial charge is 0.267 e. The lowest BCUT2D eigenvalue weighted by Crippen LogP contribution is -2.11. The Kier molecular flexibility index (Phi) is 5.63. The fraction of sp³-hybridized carbons (Fsp3) is 0.0870. The van der Waals surface area contributed by atoms with Crippen LogP contribution in [-0.2, 0) is 6.42 Å². The standard InChI is InChI=1S/C23H19N3O2S/c1-16-22(29-21(25-16)14-17-6-3-2-4-7-17)23(27)26-18-8-5-9-20(15-18)28-19-10-12-24-13-11-19/h2-13,15H,14H2,1H3,(H,26,27). The van der Waals surface area contributed by atoms with Gasteiger partial charge in [0.05, 0.1) is 10.7 Å². The van der Waals surface area contributed by atoms with Gasteiger partial charge in [0, 0.05) is 30.6 Å². The Hall–Kier alpha value is -3.51. The van der Waals surface area contributed by atoms with Crippen molar-refractivity contribution < 1.29 is 9.53 Å². The van der Waals surface area contributed by atoms with Gasteiger partial charge in [-0.3, -0.25) is 9.78 Å². The fourth-order valence-electron chi connectivity index (χ4n) is 2.88. The van der Waals surface area contributed by atoms with E-state index in [1.165, 1.54) is 16.9 Å². The molecular formula is C23H19N3O2S. The van der Waals surface area contributed by atoms with Crippen molar-refractivity contribution in [2.75, 3.05) is 5.32 Å². The largest absolute Gasteiger partial charge is 0.457 e. The van der Waals surface area contributed by atoms with Crippen molar-refractivity contribution in [3.05, 3.63) is 100 Å². The lowest BCUT2D eigenvalue weighted by molar-refractivity contribution is 0.103. The van der Waals surface area contributed by atoms with E-state index >= 15 is 0 Å². The van der Waals surface area contributed by atoms with Crippen LogP contribution in [0, 0.1) is 6.92 Å². The molecule has 2 heterocycles. The highest BCUT2D eigenvalue weighted by Crippen LogP contribution is 2.26. The van der Waals surface area contributed by atoms with E-state index in [0.29, 0.717) is 22.1 Å². The van der Waals surface area contributed by atoms with E-state index in [2.05, 4.69) is 27.4 Å². The number of thiazole rings is 1. The van der Waals surface area contributed by atoms with Gasteiger partial charge in [-0.15, -0.1) is 11.3 Å². The molecule has 0 atom stereocenters. The van der Waals surface area contributed by atoms with Crippen LogP contribution in [0.5, 0.6) is 11.5 Å². The van der Waals surface area contributed by atoms with Crippen LogP contribution in [0.15, 0.2) is 79.1 Å². The first-order chi connectivity index (χ1) is 14.2. The average Bonchev–Trinajstić information content (AvgIpc) is 3.10. The number of anilines is 1. The molecule has 2 aromatic carbocycles. The average molecular weight is 401 g/mol. The van der Waals surface area contributed by atoms with Crippen molar-refractivity contribution in [1.82, 2.24) is 9.97 Å². The highest BCUT2D eigenvalue weighted by Gasteiger charge is 2.16. The Labute approximate surface area is 173 Å². The number of nitrogens with one attached hydrogen (secondary N) is 1. The summed E-state index contributed by atoms with van der Waals surface area (Å²) in [6.45, 7) is 1.86. The van der Waals surface area contributed by atoms with Crippen molar-refractivity contribution in [2.24, 2.45) is 0 Å². The predicted octanol–water partition coefficient (Wildman–Crippen LogP) is 5.48. The number of pyridine rings is 1. The molecule has 1 amide bonds. The number of carbonyl (C=O) groups excluding carboxylic acids is 1. The Morgan fingerprint density at radius 1 is 1.00 bits per heavy atom. The lowest BCUT2D eigenvalue weighted by atomic mass is 10.2. The minimum atomic E-state index is -0.166. The summed E-state index contributed by atoms with van der Waals surface area (Å²) < 4.78 is 5.80. The first-order valence-electron chi connectivity index (χ1n) is 9.17. The van der Waals surface area contributed by atoms with Gasteiger partial charge in [0.1, 0.15) is 16.4 Å². The van der Waals surface area contributed by atoms with Crippen molar-refractivity contribution in [3.63, 3.8) is 0 Å². The van der Waals surface area contributed by atoms with E-state index in [4.69, 9.17) is 4.74 Å². The molecule has 0 spiro atoms. The number of hydrogen-bond donors (Lipinski definition) is 1. The van der Waals surface area contributed by atoms with Crippen LogP contribution >= 0.6 is 11.3 Å². The van der Waals surface area contributed by atoms with E-state index in [0.717, 1.165) is 17.1 Å². The van der Waals surface area contributed by atoms with E-state index < -0.39 is 0 Å². The number of rotatable bonds is 6. The molecule has 0 saturated carbocycles. The number of aryl methyl sites for hydroxylation is 1. The third-order valence-electron chi connectivity index (χ3n) is 4.22. The van der Waals surface area contributed by atoms with Crippen LogP contribution in [-0.4, -0.2) is 15.9 Å². The van der Waals surface area contributed by atoms with E-state index in [-0.39, 0.29) is 5.91 Å². The second-order valence-electron chi connectivity index (χ2n) is 6.45. The summed E-state index contributed by atoms with van der Waals surface area (Å²) in [6, 6.07) is 21.0. The summed E-state index contributed by atoms with van der Waals surface area (Å²) in [5, 5.41) is 3.87. The summed E-state index contributed by atoms with van der Waals surface area (Å²) in [6.07, 6.45) is 4.05. The van der Waals surface area contributed by atoms with Gasteiger partial charge in [-0.1, -0.05) is 36.4 Å². The third-order valence-corrected chi connectivity index (χ3v) is 5.38. The predicted molar refractivity (Wildman–Crippen MR) is 115 cm³/mol. The maximum atomic E-state index is 12.8. The monoisotopic (exact) mass is 401 g/mol. The van der Waals surface area contributed by atoms with Gasteiger partial charge in [-0.05, 0) is 36.8 Å². The van der Waals surface area contributed by atoms with Gasteiger partial charge < -0.3 is 10.1 Å². The number of amides is 1. The Morgan fingerprint density at radius 2 is 1.79 bits per heavy atom. The van der Waals surface area contributed by atoms with Crippen molar-refractivity contribution in [3.8, 4) is 11.5 Å². The molecule has 0 aliphatic rings. The quantitative estimate of drug-likeness (QED) is 0.464. The van der Waals surface area contributed by atoms with Crippen molar-refractivity contribution in [2.45, 2.75) is 13.3 Å². The molecule has 4 rings (SSSR count). The number of benzene rings is 2. The molecule has 0 fully saturated rings. The van der Waals surface area contributed by atoms with Crippen molar-refractivity contribution >= 4 is 22.9 Å². The maximum absolute atomic E-state index is 12.8. The molecule has 1 N–H and O–H groups in total. The zero-order chi connectivity index (χ0) is 20.1. The summed E-state index contributed by atoms with van der Waals surface area (Å²) in [5.74, 6) is 1.16. The lowest BCUT2D eigenvalue weighted by Gasteiger charge is -2.08. The number of aromatic nitrogens is 2. The Morgan fingerprint density at radius 3 is 2.59 bits per heavy atom. The van der Waals surface area contributed by atoms with Crippen LogP contribution in [0.3, 0.4) is 0 Å². The van der Waals surface area contributed by atoms with Crippen LogP contribution in [0.25, 0.3) is 0 Å². The van der Waals surface area contributed by atoms with Crippen molar-refractivity contribution in [1.29, 1.82) is 0 Å². The van der Waals surface area contributed by atoms with Gasteiger partial charge in [-0.25, -0.2) is 4.98 Å². The molecule has 0 radical (unpaired) electrons. The number of nitrogens with zero attached hydrogens (tertiary/aromatic N) is 2. The van der Waals surface area contributed by atoms with Gasteiger partial charge in [-0.2, -0.15) is 0 Å². The molecule has 2 aromatic heterocycles. The molecule has 6 heteroatoms. The Bertz CT molecular complexity index is 1110. The first-order valence-corrected chi connectivity index (χ1v) is 9.98.